The van der Waals surface area contributed by atoms with E-state index >= 15 is 0 Å². The SMILES string of the molecule is CCOc1ccc(-c2nnc3ccc(SCC(=O)Nc4ccc(C(F)(F)F)cc4)nn23)cc1. The van der Waals surface area contributed by atoms with Crippen molar-refractivity contribution >= 4 is 29.0 Å². The Morgan fingerprint density at radius 1 is 1.03 bits per heavy atom. The normalized spacial score (nSPS) is 11.5. The first kappa shape index (κ1) is 22.6. The number of fused-ring (bicyclic) bond motifs is 1. The van der Waals surface area contributed by atoms with Crippen molar-refractivity contribution in [2.75, 3.05) is 17.7 Å². The van der Waals surface area contributed by atoms with E-state index in [9.17, 15) is 18.0 Å². The molecule has 33 heavy (non-hydrogen) atoms. The molecule has 0 saturated heterocycles. The van der Waals surface area contributed by atoms with Crippen LogP contribution in [0.1, 0.15) is 12.5 Å². The molecule has 0 saturated carbocycles. The number of nitrogens with zero attached hydrogens (tertiary/aromatic N) is 4. The minimum Gasteiger partial charge on any atom is -0.494 e. The fraction of sp³-hybridized carbons (Fsp3) is 0.182. The molecular formula is C22H18F3N5O2S. The van der Waals surface area contributed by atoms with Crippen LogP contribution in [0.5, 0.6) is 5.75 Å². The second-order valence-electron chi connectivity index (χ2n) is 6.83. The maximum absolute atomic E-state index is 12.6. The molecule has 2 aromatic heterocycles. The third kappa shape index (κ3) is 5.43. The van der Waals surface area contributed by atoms with Crippen molar-refractivity contribution in [3.63, 3.8) is 0 Å². The Hall–Kier alpha value is -3.60. The highest BCUT2D eigenvalue weighted by molar-refractivity contribution is 7.99. The highest BCUT2D eigenvalue weighted by atomic mass is 32.2. The predicted molar refractivity (Wildman–Crippen MR) is 118 cm³/mol. The average Bonchev–Trinajstić information content (AvgIpc) is 3.21. The summed E-state index contributed by atoms with van der Waals surface area (Å²) in [5.41, 5.74) is 0.872. The summed E-state index contributed by atoms with van der Waals surface area (Å²) in [7, 11) is 0. The number of nitrogens with one attached hydrogen (secondary N) is 1. The van der Waals surface area contributed by atoms with Gasteiger partial charge in [-0.15, -0.1) is 10.2 Å². The molecule has 1 amide bonds. The monoisotopic (exact) mass is 473 g/mol. The Labute approximate surface area is 191 Å². The van der Waals surface area contributed by atoms with Crippen molar-refractivity contribution in [2.24, 2.45) is 0 Å². The Bertz CT molecular complexity index is 1260. The third-order valence-corrected chi connectivity index (χ3v) is 5.43. The van der Waals surface area contributed by atoms with Gasteiger partial charge in [0.05, 0.1) is 17.9 Å². The van der Waals surface area contributed by atoms with E-state index in [1.54, 1.807) is 16.6 Å². The molecule has 0 unspecified atom stereocenters. The van der Waals surface area contributed by atoms with E-state index in [4.69, 9.17) is 4.74 Å². The summed E-state index contributed by atoms with van der Waals surface area (Å²) in [6.45, 7) is 2.48. The molecule has 4 aromatic rings. The summed E-state index contributed by atoms with van der Waals surface area (Å²) >= 11 is 1.19. The molecular weight excluding hydrogens is 455 g/mol. The number of rotatable bonds is 7. The Balaban J connectivity index is 1.42. The van der Waals surface area contributed by atoms with Crippen LogP contribution in [0.4, 0.5) is 18.9 Å². The second-order valence-corrected chi connectivity index (χ2v) is 7.83. The first-order valence-corrected chi connectivity index (χ1v) is 10.9. The molecule has 0 spiro atoms. The first-order chi connectivity index (χ1) is 15.8. The summed E-state index contributed by atoms with van der Waals surface area (Å²) in [6.07, 6.45) is -4.42. The van der Waals surface area contributed by atoms with Crippen LogP contribution in [-0.2, 0) is 11.0 Å². The van der Waals surface area contributed by atoms with Crippen LogP contribution in [0.2, 0.25) is 0 Å². The molecule has 2 aromatic carbocycles. The van der Waals surface area contributed by atoms with Crippen molar-refractivity contribution < 1.29 is 22.7 Å². The van der Waals surface area contributed by atoms with Crippen LogP contribution in [-0.4, -0.2) is 38.1 Å². The molecule has 0 fully saturated rings. The largest absolute Gasteiger partial charge is 0.494 e. The number of alkyl halides is 3. The standard InChI is InChI=1S/C22H18F3N5O2S/c1-2-32-17-9-3-14(4-10-17)21-28-27-18-11-12-20(29-30(18)21)33-13-19(31)26-16-7-5-15(6-8-16)22(23,24)25/h3-12H,2,13H2,1H3,(H,26,31). The van der Waals surface area contributed by atoms with Gasteiger partial charge in [-0.05, 0) is 67.6 Å². The number of hydrogen-bond donors (Lipinski definition) is 1. The van der Waals surface area contributed by atoms with Gasteiger partial charge in [-0.25, -0.2) is 0 Å². The highest BCUT2D eigenvalue weighted by Crippen LogP contribution is 2.30. The van der Waals surface area contributed by atoms with Crippen molar-refractivity contribution in [1.82, 2.24) is 19.8 Å². The predicted octanol–water partition coefficient (Wildman–Crippen LogP) is 4.94. The zero-order valence-electron chi connectivity index (χ0n) is 17.3. The zero-order chi connectivity index (χ0) is 23.4. The summed E-state index contributed by atoms with van der Waals surface area (Å²) in [5, 5.41) is 16.0. The van der Waals surface area contributed by atoms with Crippen molar-refractivity contribution in [3.05, 3.63) is 66.2 Å². The van der Waals surface area contributed by atoms with Crippen LogP contribution in [0.3, 0.4) is 0 Å². The van der Waals surface area contributed by atoms with Crippen LogP contribution in [0, 0.1) is 0 Å². The smallest absolute Gasteiger partial charge is 0.416 e. The van der Waals surface area contributed by atoms with Gasteiger partial charge < -0.3 is 10.1 Å². The molecule has 170 valence electrons. The molecule has 0 aliphatic heterocycles. The second kappa shape index (κ2) is 9.49. The van der Waals surface area contributed by atoms with Crippen LogP contribution < -0.4 is 10.1 Å². The molecule has 0 aliphatic carbocycles. The van der Waals surface area contributed by atoms with Gasteiger partial charge in [-0.3, -0.25) is 4.79 Å². The van der Waals surface area contributed by atoms with Crippen molar-refractivity contribution in [3.8, 4) is 17.1 Å². The summed E-state index contributed by atoms with van der Waals surface area (Å²) in [6, 6.07) is 15.1. The fourth-order valence-corrected chi connectivity index (χ4v) is 3.63. The maximum atomic E-state index is 12.6. The van der Waals surface area contributed by atoms with Gasteiger partial charge in [0, 0.05) is 11.3 Å². The van der Waals surface area contributed by atoms with Gasteiger partial charge in [-0.2, -0.15) is 22.8 Å². The molecule has 0 bridgehead atoms. The highest BCUT2D eigenvalue weighted by Gasteiger charge is 2.30. The third-order valence-electron chi connectivity index (χ3n) is 4.51. The van der Waals surface area contributed by atoms with Crippen LogP contribution >= 0.6 is 11.8 Å². The van der Waals surface area contributed by atoms with E-state index in [1.807, 2.05) is 31.2 Å². The van der Waals surface area contributed by atoms with Gasteiger partial charge in [0.2, 0.25) is 5.91 Å². The van der Waals surface area contributed by atoms with E-state index < -0.39 is 11.7 Å². The molecule has 0 radical (unpaired) electrons. The lowest BCUT2D eigenvalue weighted by Gasteiger charge is -2.09. The number of thioether (sulfide) groups is 1. The van der Waals surface area contributed by atoms with E-state index in [-0.39, 0.29) is 17.3 Å². The number of amides is 1. The number of benzene rings is 2. The molecule has 0 aliphatic rings. The summed E-state index contributed by atoms with van der Waals surface area (Å²) < 4.78 is 45.0. The van der Waals surface area contributed by atoms with E-state index in [0.717, 1.165) is 23.4 Å². The number of ether oxygens (including phenoxy) is 1. The molecule has 2 heterocycles. The number of aromatic nitrogens is 4. The van der Waals surface area contributed by atoms with E-state index in [0.29, 0.717) is 23.1 Å². The lowest BCUT2D eigenvalue weighted by molar-refractivity contribution is -0.137. The van der Waals surface area contributed by atoms with Gasteiger partial charge >= 0.3 is 6.18 Å². The fourth-order valence-electron chi connectivity index (χ4n) is 2.98. The Morgan fingerprint density at radius 3 is 2.42 bits per heavy atom. The Morgan fingerprint density at radius 2 is 1.76 bits per heavy atom. The summed E-state index contributed by atoms with van der Waals surface area (Å²) in [5.74, 6) is 0.959. The topological polar surface area (TPSA) is 81.4 Å². The van der Waals surface area contributed by atoms with E-state index in [1.165, 1.54) is 23.9 Å². The number of halogens is 3. The molecule has 7 nitrogen and oxygen atoms in total. The van der Waals surface area contributed by atoms with Gasteiger partial charge in [0.1, 0.15) is 10.8 Å². The van der Waals surface area contributed by atoms with Crippen molar-refractivity contribution in [1.29, 1.82) is 0 Å². The zero-order valence-corrected chi connectivity index (χ0v) is 18.2. The molecule has 0 atom stereocenters. The van der Waals surface area contributed by atoms with Crippen LogP contribution in [0.25, 0.3) is 17.0 Å². The van der Waals surface area contributed by atoms with Gasteiger partial charge in [0.25, 0.3) is 0 Å². The van der Waals surface area contributed by atoms with Gasteiger partial charge in [-0.1, -0.05) is 11.8 Å². The number of carbonyl (C=O) groups excluding carboxylic acids is 1. The minimum absolute atomic E-state index is 0.0278. The number of anilines is 1. The first-order valence-electron chi connectivity index (χ1n) is 9.89. The average molecular weight is 473 g/mol. The maximum Gasteiger partial charge on any atom is 0.416 e. The molecule has 11 heteroatoms. The Kier molecular flexibility index (Phi) is 6.50. The lowest BCUT2D eigenvalue weighted by Crippen LogP contribution is -2.14. The summed E-state index contributed by atoms with van der Waals surface area (Å²) in [4.78, 5) is 12.2. The molecule has 4 rings (SSSR count). The van der Waals surface area contributed by atoms with Gasteiger partial charge in [0.15, 0.2) is 11.5 Å². The minimum atomic E-state index is -4.42. The number of carbonyl (C=O) groups is 1. The van der Waals surface area contributed by atoms with E-state index in [2.05, 4.69) is 20.6 Å². The molecule has 1 N–H and O–H groups in total. The quantitative estimate of drug-likeness (QED) is 0.383. The van der Waals surface area contributed by atoms with Crippen molar-refractivity contribution in [2.45, 2.75) is 18.1 Å². The lowest BCUT2D eigenvalue weighted by atomic mass is 10.2. The van der Waals surface area contributed by atoms with Crippen LogP contribution in [0.15, 0.2) is 65.7 Å². The number of hydrogen-bond acceptors (Lipinski definition) is 6.